The molecule has 3 N–H and O–H groups in total. The van der Waals surface area contributed by atoms with Crippen molar-refractivity contribution in [3.8, 4) is 0 Å². The molecule has 1 aromatic rings. The van der Waals surface area contributed by atoms with Crippen LogP contribution in [0.3, 0.4) is 0 Å². The number of hydrogen-bond donors (Lipinski definition) is 2. The highest BCUT2D eigenvalue weighted by Crippen LogP contribution is 2.16. The van der Waals surface area contributed by atoms with Gasteiger partial charge in [0.2, 0.25) is 0 Å². The lowest BCUT2D eigenvalue weighted by atomic mass is 10.00. The summed E-state index contributed by atoms with van der Waals surface area (Å²) in [4.78, 5) is 4.20. The van der Waals surface area contributed by atoms with Crippen molar-refractivity contribution in [2.24, 2.45) is 0 Å². The minimum atomic E-state index is -0.0898. The number of anilines is 1. The summed E-state index contributed by atoms with van der Waals surface area (Å²) in [6, 6.07) is 0.387. The Labute approximate surface area is 101 Å². The molecule has 0 aliphatic heterocycles. The fourth-order valence-electron chi connectivity index (χ4n) is 1.58. The molecule has 0 aliphatic rings. The zero-order valence-corrected chi connectivity index (χ0v) is 11.2. The Hall–Kier alpha value is -0.650. The number of hydrogen-bond acceptors (Lipinski definition) is 5. The molecule has 1 aromatic heterocycles. The number of nitrogens with two attached hydrogens (primary N) is 1. The van der Waals surface area contributed by atoms with E-state index in [2.05, 4.69) is 31.1 Å². The van der Waals surface area contributed by atoms with Gasteiger partial charge in [-0.3, -0.25) is 0 Å². The zero-order chi connectivity index (χ0) is 12.2. The van der Waals surface area contributed by atoms with Gasteiger partial charge >= 0.3 is 0 Å². The van der Waals surface area contributed by atoms with E-state index >= 15 is 0 Å². The van der Waals surface area contributed by atoms with Gasteiger partial charge in [-0.05, 0) is 27.2 Å². The number of methoxy groups -OCH3 is 1. The first-order chi connectivity index (χ1) is 7.43. The number of nitrogen functional groups attached to an aromatic ring is 1. The van der Waals surface area contributed by atoms with E-state index in [1.165, 1.54) is 11.3 Å². The van der Waals surface area contributed by atoms with Crippen molar-refractivity contribution < 1.29 is 4.74 Å². The molecular weight excluding hydrogens is 222 g/mol. The van der Waals surface area contributed by atoms with Gasteiger partial charge in [0.1, 0.15) is 0 Å². The molecule has 0 bridgehead atoms. The molecule has 1 unspecified atom stereocenters. The van der Waals surface area contributed by atoms with E-state index in [4.69, 9.17) is 10.5 Å². The van der Waals surface area contributed by atoms with Crippen molar-refractivity contribution in [3.05, 3.63) is 11.1 Å². The molecule has 1 rings (SSSR count). The highest BCUT2D eigenvalue weighted by molar-refractivity contribution is 7.13. The molecule has 1 heterocycles. The van der Waals surface area contributed by atoms with Crippen molar-refractivity contribution in [1.29, 1.82) is 0 Å². The summed E-state index contributed by atoms with van der Waals surface area (Å²) in [6.07, 6.45) is 0.961. The summed E-state index contributed by atoms with van der Waals surface area (Å²) in [5.74, 6) is 0. The van der Waals surface area contributed by atoms with Crippen LogP contribution in [-0.4, -0.2) is 23.7 Å². The predicted molar refractivity (Wildman–Crippen MR) is 68.5 cm³/mol. The lowest BCUT2D eigenvalue weighted by Crippen LogP contribution is -2.35. The molecule has 0 spiro atoms. The Kier molecular flexibility index (Phi) is 4.70. The number of rotatable bonds is 6. The van der Waals surface area contributed by atoms with Crippen molar-refractivity contribution in [1.82, 2.24) is 10.3 Å². The van der Waals surface area contributed by atoms with Gasteiger partial charge in [-0.15, -0.1) is 11.3 Å². The van der Waals surface area contributed by atoms with E-state index in [1.54, 1.807) is 7.11 Å². The van der Waals surface area contributed by atoms with Gasteiger partial charge in [-0.1, -0.05) is 0 Å². The Morgan fingerprint density at radius 1 is 1.62 bits per heavy atom. The van der Waals surface area contributed by atoms with Crippen molar-refractivity contribution in [2.45, 2.75) is 45.4 Å². The summed E-state index contributed by atoms with van der Waals surface area (Å²) < 4.78 is 5.39. The average molecular weight is 243 g/mol. The maximum Gasteiger partial charge on any atom is 0.180 e. The molecule has 0 amide bonds. The fourth-order valence-corrected chi connectivity index (χ4v) is 2.14. The lowest BCUT2D eigenvalue weighted by molar-refractivity contribution is 0.00842. The third kappa shape index (κ3) is 4.47. The second-order valence-corrected chi connectivity index (χ2v) is 5.52. The Balaban J connectivity index is 2.33. The van der Waals surface area contributed by atoms with Gasteiger partial charge in [-0.25, -0.2) is 4.98 Å². The van der Waals surface area contributed by atoms with Gasteiger partial charge in [0.15, 0.2) is 5.13 Å². The molecule has 0 fully saturated rings. The molecule has 0 aliphatic carbocycles. The van der Waals surface area contributed by atoms with Crippen LogP contribution in [0, 0.1) is 0 Å². The van der Waals surface area contributed by atoms with Crippen LogP contribution in [0.5, 0.6) is 0 Å². The Morgan fingerprint density at radius 3 is 2.81 bits per heavy atom. The van der Waals surface area contributed by atoms with Crippen LogP contribution < -0.4 is 11.1 Å². The van der Waals surface area contributed by atoms with E-state index in [1.807, 2.05) is 5.38 Å². The average Bonchev–Trinajstić information content (AvgIpc) is 2.61. The van der Waals surface area contributed by atoms with Gasteiger partial charge in [0.05, 0.1) is 11.3 Å². The number of thiazole rings is 1. The molecule has 5 heteroatoms. The number of aromatic nitrogens is 1. The Morgan fingerprint density at radius 2 is 2.31 bits per heavy atom. The topological polar surface area (TPSA) is 60.2 Å². The first-order valence-corrected chi connectivity index (χ1v) is 6.29. The third-order valence-electron chi connectivity index (χ3n) is 2.55. The number of nitrogens with zero attached hydrogens (tertiary/aromatic N) is 1. The first kappa shape index (κ1) is 13.4. The molecule has 0 radical (unpaired) electrons. The summed E-state index contributed by atoms with van der Waals surface area (Å²) >= 11 is 1.48. The van der Waals surface area contributed by atoms with E-state index in [0.29, 0.717) is 11.2 Å². The third-order valence-corrected chi connectivity index (χ3v) is 3.27. The molecule has 0 saturated carbocycles. The largest absolute Gasteiger partial charge is 0.379 e. The summed E-state index contributed by atoms with van der Waals surface area (Å²) in [6.45, 7) is 7.09. The van der Waals surface area contributed by atoms with E-state index < -0.39 is 0 Å². The van der Waals surface area contributed by atoms with Crippen molar-refractivity contribution in [2.75, 3.05) is 12.8 Å². The zero-order valence-electron chi connectivity index (χ0n) is 10.4. The van der Waals surface area contributed by atoms with Gasteiger partial charge < -0.3 is 15.8 Å². The summed E-state index contributed by atoms with van der Waals surface area (Å²) in [5.41, 5.74) is 6.48. The highest BCUT2D eigenvalue weighted by atomic mass is 32.1. The van der Waals surface area contributed by atoms with Crippen LogP contribution in [0.4, 0.5) is 5.13 Å². The normalized spacial score (nSPS) is 14.0. The van der Waals surface area contributed by atoms with Crippen LogP contribution in [0.2, 0.25) is 0 Å². The second-order valence-electron chi connectivity index (χ2n) is 4.63. The van der Waals surface area contributed by atoms with Crippen molar-refractivity contribution in [3.63, 3.8) is 0 Å². The van der Waals surface area contributed by atoms with Crippen LogP contribution in [0.25, 0.3) is 0 Å². The fraction of sp³-hybridized carbons (Fsp3) is 0.727. The van der Waals surface area contributed by atoms with E-state index in [-0.39, 0.29) is 5.60 Å². The number of ether oxygens (including phenoxy) is 1. The van der Waals surface area contributed by atoms with Crippen LogP contribution >= 0.6 is 11.3 Å². The first-order valence-electron chi connectivity index (χ1n) is 5.41. The van der Waals surface area contributed by atoms with Gasteiger partial charge in [0, 0.05) is 25.1 Å². The monoisotopic (exact) mass is 243 g/mol. The molecule has 92 valence electrons. The summed E-state index contributed by atoms with van der Waals surface area (Å²) in [5, 5.41) is 6.02. The standard InChI is InChI=1S/C11H21N3OS/c1-8(5-11(2,3)15-4)13-6-9-7-16-10(12)14-9/h7-8,13H,5-6H2,1-4H3,(H2,12,14). The molecule has 0 aromatic carbocycles. The smallest absolute Gasteiger partial charge is 0.180 e. The highest BCUT2D eigenvalue weighted by Gasteiger charge is 2.19. The number of nitrogens with one attached hydrogen (secondary N) is 1. The Bertz CT molecular complexity index is 325. The maximum absolute atomic E-state index is 5.57. The van der Waals surface area contributed by atoms with E-state index in [9.17, 15) is 0 Å². The minimum Gasteiger partial charge on any atom is -0.379 e. The lowest BCUT2D eigenvalue weighted by Gasteiger charge is -2.27. The molecule has 4 nitrogen and oxygen atoms in total. The van der Waals surface area contributed by atoms with Crippen LogP contribution in [0.1, 0.15) is 32.9 Å². The molecule has 1 atom stereocenters. The molecule has 16 heavy (non-hydrogen) atoms. The minimum absolute atomic E-state index is 0.0898. The van der Waals surface area contributed by atoms with Crippen LogP contribution in [-0.2, 0) is 11.3 Å². The molecular formula is C11H21N3OS. The van der Waals surface area contributed by atoms with Gasteiger partial charge in [0.25, 0.3) is 0 Å². The van der Waals surface area contributed by atoms with Gasteiger partial charge in [-0.2, -0.15) is 0 Å². The quantitative estimate of drug-likeness (QED) is 0.802. The second kappa shape index (κ2) is 5.61. The van der Waals surface area contributed by atoms with Crippen LogP contribution in [0.15, 0.2) is 5.38 Å². The molecule has 0 saturated heterocycles. The SMILES string of the molecule is COC(C)(C)CC(C)NCc1csc(N)n1. The van der Waals surface area contributed by atoms with Crippen molar-refractivity contribution >= 4 is 16.5 Å². The van der Waals surface area contributed by atoms with E-state index in [0.717, 1.165) is 18.7 Å². The predicted octanol–water partition coefficient (Wildman–Crippen LogP) is 2.02. The summed E-state index contributed by atoms with van der Waals surface area (Å²) in [7, 11) is 1.74. The maximum atomic E-state index is 5.57.